The predicted molar refractivity (Wildman–Crippen MR) is 73.4 cm³/mol. The van der Waals surface area contributed by atoms with Crippen LogP contribution in [-0.2, 0) is 5.88 Å². The molecule has 0 aliphatic carbocycles. The van der Waals surface area contributed by atoms with Crippen molar-refractivity contribution < 1.29 is 0 Å². The summed E-state index contributed by atoms with van der Waals surface area (Å²) >= 11 is 12.1. The van der Waals surface area contributed by atoms with Crippen molar-refractivity contribution in [2.45, 2.75) is 12.8 Å². The van der Waals surface area contributed by atoms with E-state index in [0.29, 0.717) is 10.7 Å². The van der Waals surface area contributed by atoms with Gasteiger partial charge in [0.05, 0.1) is 0 Å². The molecule has 1 aromatic carbocycles. The summed E-state index contributed by atoms with van der Waals surface area (Å²) in [7, 11) is 0. The number of halogens is 2. The molecule has 0 aliphatic heterocycles. The van der Waals surface area contributed by atoms with Crippen LogP contribution in [-0.4, -0.2) is 15.2 Å². The number of alkyl halides is 1. The molecule has 0 atom stereocenters. The van der Waals surface area contributed by atoms with Gasteiger partial charge in [-0.15, -0.1) is 21.8 Å². The summed E-state index contributed by atoms with van der Waals surface area (Å²) < 4.78 is 0. The van der Waals surface area contributed by atoms with Gasteiger partial charge in [-0.2, -0.15) is 4.98 Å². The second-order valence-electron chi connectivity index (χ2n) is 3.81. The molecule has 2 rings (SSSR count). The normalized spacial score (nSPS) is 10.6. The Balaban J connectivity index is 2.69. The third-order valence-corrected chi connectivity index (χ3v) is 3.06. The van der Waals surface area contributed by atoms with Gasteiger partial charge in [-0.25, -0.2) is 0 Å². The highest BCUT2D eigenvalue weighted by Gasteiger charge is 2.15. The SMILES string of the molecule is Cc1cc(Cl)c(CCl)c(-c2nnc(N)nc2N)c1. The minimum Gasteiger partial charge on any atom is -0.382 e. The summed E-state index contributed by atoms with van der Waals surface area (Å²) in [5.41, 5.74) is 14.1. The molecule has 2 aromatic rings. The van der Waals surface area contributed by atoms with E-state index in [2.05, 4.69) is 15.2 Å². The summed E-state index contributed by atoms with van der Waals surface area (Å²) in [6, 6.07) is 3.72. The van der Waals surface area contributed by atoms with E-state index in [9.17, 15) is 0 Å². The van der Waals surface area contributed by atoms with Gasteiger partial charge in [-0.1, -0.05) is 11.6 Å². The van der Waals surface area contributed by atoms with Gasteiger partial charge in [0.2, 0.25) is 5.95 Å². The molecule has 0 aliphatic rings. The van der Waals surface area contributed by atoms with Crippen molar-refractivity contribution in [1.82, 2.24) is 15.2 Å². The predicted octanol–water partition coefficient (Wildman–Crippen LogP) is 2.40. The van der Waals surface area contributed by atoms with Crippen LogP contribution in [0, 0.1) is 6.92 Å². The van der Waals surface area contributed by atoms with Gasteiger partial charge < -0.3 is 11.5 Å². The lowest BCUT2D eigenvalue weighted by molar-refractivity contribution is 0.997. The van der Waals surface area contributed by atoms with Crippen LogP contribution in [0.4, 0.5) is 11.8 Å². The highest BCUT2D eigenvalue weighted by Crippen LogP contribution is 2.32. The number of aromatic nitrogens is 3. The Labute approximate surface area is 114 Å². The number of hydrogen-bond donors (Lipinski definition) is 2. The second kappa shape index (κ2) is 4.96. The van der Waals surface area contributed by atoms with E-state index in [-0.39, 0.29) is 17.6 Å². The van der Waals surface area contributed by atoms with Crippen LogP contribution in [0.25, 0.3) is 11.3 Å². The van der Waals surface area contributed by atoms with Gasteiger partial charge in [0, 0.05) is 16.5 Å². The zero-order valence-electron chi connectivity index (χ0n) is 9.61. The fourth-order valence-corrected chi connectivity index (χ4v) is 2.36. The third-order valence-electron chi connectivity index (χ3n) is 2.46. The lowest BCUT2D eigenvalue weighted by Gasteiger charge is -2.11. The van der Waals surface area contributed by atoms with Crippen LogP contribution >= 0.6 is 23.2 Å². The minimum absolute atomic E-state index is 0.0300. The van der Waals surface area contributed by atoms with E-state index in [1.54, 1.807) is 0 Å². The molecule has 1 aromatic heterocycles. The van der Waals surface area contributed by atoms with E-state index >= 15 is 0 Å². The molecule has 0 radical (unpaired) electrons. The van der Waals surface area contributed by atoms with Crippen molar-refractivity contribution in [3.63, 3.8) is 0 Å². The van der Waals surface area contributed by atoms with E-state index in [1.165, 1.54) is 0 Å². The molecule has 94 valence electrons. The monoisotopic (exact) mass is 283 g/mol. The van der Waals surface area contributed by atoms with Crippen molar-refractivity contribution in [1.29, 1.82) is 0 Å². The van der Waals surface area contributed by atoms with Crippen LogP contribution < -0.4 is 11.5 Å². The zero-order chi connectivity index (χ0) is 13.3. The smallest absolute Gasteiger partial charge is 0.242 e. The Morgan fingerprint density at radius 2 is 1.94 bits per heavy atom. The van der Waals surface area contributed by atoms with E-state index in [4.69, 9.17) is 34.7 Å². The highest BCUT2D eigenvalue weighted by molar-refractivity contribution is 6.32. The summed E-state index contributed by atoms with van der Waals surface area (Å²) in [5, 5.41) is 8.23. The first-order valence-electron chi connectivity index (χ1n) is 5.14. The largest absolute Gasteiger partial charge is 0.382 e. The Morgan fingerprint density at radius 3 is 2.56 bits per heavy atom. The van der Waals surface area contributed by atoms with E-state index < -0.39 is 0 Å². The zero-order valence-corrected chi connectivity index (χ0v) is 11.1. The molecule has 1 heterocycles. The van der Waals surface area contributed by atoms with Crippen LogP contribution in [0.3, 0.4) is 0 Å². The standard InChI is InChI=1S/C11H11Cl2N5/c1-5-2-6(7(4-12)8(13)3-5)9-10(14)16-11(15)18-17-9/h2-3H,4H2,1H3,(H4,14,15,16,18). The van der Waals surface area contributed by atoms with Gasteiger partial charge in [0.15, 0.2) is 5.82 Å². The highest BCUT2D eigenvalue weighted by atomic mass is 35.5. The van der Waals surface area contributed by atoms with Gasteiger partial charge in [-0.05, 0) is 30.2 Å². The molecule has 0 saturated heterocycles. The van der Waals surface area contributed by atoms with Crippen molar-refractivity contribution in [2.75, 3.05) is 11.5 Å². The van der Waals surface area contributed by atoms with Crippen LogP contribution in [0.2, 0.25) is 5.02 Å². The quantitative estimate of drug-likeness (QED) is 0.826. The molecule has 5 nitrogen and oxygen atoms in total. The van der Waals surface area contributed by atoms with Crippen LogP contribution in [0.5, 0.6) is 0 Å². The van der Waals surface area contributed by atoms with Crippen molar-refractivity contribution in [3.8, 4) is 11.3 Å². The number of hydrogen-bond acceptors (Lipinski definition) is 5. The molecule has 4 N–H and O–H groups in total. The first-order valence-corrected chi connectivity index (χ1v) is 6.05. The van der Waals surface area contributed by atoms with Crippen molar-refractivity contribution in [2.24, 2.45) is 0 Å². The number of nitrogen functional groups attached to an aromatic ring is 2. The molecule has 7 heteroatoms. The summed E-state index contributed by atoms with van der Waals surface area (Å²) in [6.07, 6.45) is 0. The van der Waals surface area contributed by atoms with E-state index in [0.717, 1.165) is 16.7 Å². The summed E-state index contributed by atoms with van der Waals surface area (Å²) in [5.74, 6) is 0.484. The van der Waals surface area contributed by atoms with Gasteiger partial charge in [0.1, 0.15) is 5.69 Å². The van der Waals surface area contributed by atoms with Crippen molar-refractivity contribution in [3.05, 3.63) is 28.3 Å². The molecule has 0 spiro atoms. The minimum atomic E-state index is 0.0300. The van der Waals surface area contributed by atoms with Crippen molar-refractivity contribution >= 4 is 35.0 Å². The summed E-state index contributed by atoms with van der Waals surface area (Å²) in [6.45, 7) is 1.92. The topological polar surface area (TPSA) is 90.7 Å². The number of rotatable bonds is 2. The molecular formula is C11H11Cl2N5. The molecule has 0 bridgehead atoms. The maximum absolute atomic E-state index is 6.15. The van der Waals surface area contributed by atoms with Gasteiger partial charge >= 0.3 is 0 Å². The maximum Gasteiger partial charge on any atom is 0.242 e. The fourth-order valence-electron chi connectivity index (χ4n) is 1.66. The number of nitrogens with two attached hydrogens (primary N) is 2. The number of aryl methyl sites for hydroxylation is 1. The van der Waals surface area contributed by atoms with Crippen LogP contribution in [0.15, 0.2) is 12.1 Å². The first-order chi connectivity index (χ1) is 8.52. The lowest BCUT2D eigenvalue weighted by atomic mass is 10.0. The Kier molecular flexibility index (Phi) is 3.54. The number of anilines is 2. The summed E-state index contributed by atoms with van der Waals surface area (Å²) in [4.78, 5) is 3.88. The molecule has 18 heavy (non-hydrogen) atoms. The number of nitrogens with zero attached hydrogens (tertiary/aromatic N) is 3. The van der Waals surface area contributed by atoms with Gasteiger partial charge in [-0.3, -0.25) is 0 Å². The van der Waals surface area contributed by atoms with Gasteiger partial charge in [0.25, 0.3) is 0 Å². The third kappa shape index (κ3) is 2.32. The molecule has 0 unspecified atom stereocenters. The average molecular weight is 284 g/mol. The Hall–Kier alpha value is -1.59. The molecule has 0 fully saturated rings. The Bertz CT molecular complexity index is 600. The lowest BCUT2D eigenvalue weighted by Crippen LogP contribution is -2.05. The van der Waals surface area contributed by atoms with Crippen LogP contribution in [0.1, 0.15) is 11.1 Å². The maximum atomic E-state index is 6.15. The average Bonchev–Trinajstić information content (AvgIpc) is 2.28. The number of benzene rings is 1. The van der Waals surface area contributed by atoms with E-state index in [1.807, 2.05) is 19.1 Å². The molecular weight excluding hydrogens is 273 g/mol. The molecule has 0 saturated carbocycles. The first kappa shape index (κ1) is 12.9. The molecule has 0 amide bonds. The Morgan fingerprint density at radius 1 is 1.22 bits per heavy atom. The second-order valence-corrected chi connectivity index (χ2v) is 4.48. The fraction of sp³-hybridized carbons (Fsp3) is 0.182.